The van der Waals surface area contributed by atoms with Crippen LogP contribution in [0.2, 0.25) is 0 Å². The zero-order valence-corrected chi connectivity index (χ0v) is 8.59. The summed E-state index contributed by atoms with van der Waals surface area (Å²) in [6.45, 7) is 4.55. The topological polar surface area (TPSA) is 27.1 Å². The van der Waals surface area contributed by atoms with Crippen molar-refractivity contribution in [3.05, 3.63) is 24.0 Å². The van der Waals surface area contributed by atoms with Gasteiger partial charge in [-0.2, -0.15) is 0 Å². The molecule has 6 heteroatoms. The van der Waals surface area contributed by atoms with Gasteiger partial charge in [-0.1, -0.05) is 0 Å². The van der Waals surface area contributed by atoms with E-state index in [9.17, 15) is 13.2 Å². The summed E-state index contributed by atoms with van der Waals surface area (Å²) in [5.41, 5.74) is 1.09. The summed E-state index contributed by atoms with van der Waals surface area (Å²) in [6, 6.07) is 0. The van der Waals surface area contributed by atoms with Crippen molar-refractivity contribution in [2.75, 3.05) is 0 Å². The van der Waals surface area contributed by atoms with Crippen molar-refractivity contribution < 1.29 is 17.9 Å². The van der Waals surface area contributed by atoms with E-state index in [1.807, 2.05) is 0 Å². The molecule has 1 rings (SSSR count). The molecule has 15 heavy (non-hydrogen) atoms. The van der Waals surface area contributed by atoms with Crippen LogP contribution in [0.5, 0.6) is 0 Å². The maximum Gasteiger partial charge on any atom is 0.572 e. The first-order valence-electron chi connectivity index (χ1n) is 4.24. The average Bonchev–Trinajstić information content (AvgIpc) is 2.47. The standard InChI is InChI=1S/C9H11F3N2O/c1-6-4-14(5-13-6)7(2)8(3)15-9(10,11)12/h4-5H,1-3H3. The molecule has 0 spiro atoms. The van der Waals surface area contributed by atoms with Crippen molar-refractivity contribution in [1.82, 2.24) is 9.55 Å². The number of aryl methyl sites for hydroxylation is 1. The SMILES string of the molecule is CC(OC(F)(F)F)=C(C)n1cnc(C)c1. The predicted octanol–water partition coefficient (Wildman–Crippen LogP) is 2.94. The monoisotopic (exact) mass is 220 g/mol. The summed E-state index contributed by atoms with van der Waals surface area (Å²) in [6.07, 6.45) is -1.59. The second kappa shape index (κ2) is 3.96. The minimum absolute atomic E-state index is 0.195. The van der Waals surface area contributed by atoms with E-state index >= 15 is 0 Å². The van der Waals surface area contributed by atoms with E-state index in [2.05, 4.69) is 9.72 Å². The molecule has 0 aromatic carbocycles. The second-order valence-electron chi connectivity index (χ2n) is 3.11. The number of hydrogen-bond donors (Lipinski definition) is 0. The Labute approximate surface area is 85.2 Å². The third kappa shape index (κ3) is 3.30. The molecule has 0 saturated heterocycles. The van der Waals surface area contributed by atoms with E-state index < -0.39 is 6.36 Å². The minimum Gasteiger partial charge on any atom is -0.409 e. The first-order valence-corrected chi connectivity index (χ1v) is 4.24. The average molecular weight is 220 g/mol. The van der Waals surface area contributed by atoms with Crippen LogP contribution in [-0.4, -0.2) is 15.9 Å². The number of allylic oxidation sites excluding steroid dienone is 2. The van der Waals surface area contributed by atoms with Crippen LogP contribution in [0.4, 0.5) is 13.2 Å². The van der Waals surface area contributed by atoms with E-state index in [0.29, 0.717) is 5.70 Å². The third-order valence-electron chi connectivity index (χ3n) is 1.88. The largest absolute Gasteiger partial charge is 0.572 e. The Morgan fingerprint density at radius 1 is 1.40 bits per heavy atom. The highest BCUT2D eigenvalue weighted by Gasteiger charge is 2.31. The van der Waals surface area contributed by atoms with E-state index in [-0.39, 0.29) is 5.76 Å². The van der Waals surface area contributed by atoms with Crippen molar-refractivity contribution in [1.29, 1.82) is 0 Å². The van der Waals surface area contributed by atoms with Crippen LogP contribution < -0.4 is 0 Å². The zero-order valence-electron chi connectivity index (χ0n) is 8.59. The molecule has 84 valence electrons. The van der Waals surface area contributed by atoms with Gasteiger partial charge < -0.3 is 9.30 Å². The Balaban J connectivity index is 2.90. The molecule has 0 unspecified atom stereocenters. The maximum absolute atomic E-state index is 11.9. The highest BCUT2D eigenvalue weighted by molar-refractivity contribution is 5.44. The molecule has 1 aromatic heterocycles. The van der Waals surface area contributed by atoms with E-state index in [1.54, 1.807) is 13.1 Å². The fourth-order valence-electron chi connectivity index (χ4n) is 1.03. The van der Waals surface area contributed by atoms with Gasteiger partial charge in [0.1, 0.15) is 5.76 Å². The number of imidazole rings is 1. The van der Waals surface area contributed by atoms with Gasteiger partial charge in [0, 0.05) is 6.20 Å². The van der Waals surface area contributed by atoms with Gasteiger partial charge in [-0.25, -0.2) is 4.98 Å². The molecule has 0 aliphatic heterocycles. The molecule has 0 fully saturated rings. The van der Waals surface area contributed by atoms with Crippen LogP contribution in [0.15, 0.2) is 18.3 Å². The van der Waals surface area contributed by atoms with Crippen molar-refractivity contribution in [3.63, 3.8) is 0 Å². The molecule has 0 aliphatic rings. The molecular formula is C9H11F3N2O. The minimum atomic E-state index is -4.65. The molecule has 0 atom stereocenters. The van der Waals surface area contributed by atoms with Crippen molar-refractivity contribution in [3.8, 4) is 0 Å². The molecule has 1 aromatic rings. The molecule has 3 nitrogen and oxygen atoms in total. The summed E-state index contributed by atoms with van der Waals surface area (Å²) in [5.74, 6) is -0.195. The quantitative estimate of drug-likeness (QED) is 0.716. The van der Waals surface area contributed by atoms with Gasteiger partial charge in [0.25, 0.3) is 0 Å². The Hall–Kier alpha value is -1.46. The predicted molar refractivity (Wildman–Crippen MR) is 48.7 cm³/mol. The fraction of sp³-hybridized carbons (Fsp3) is 0.444. The van der Waals surface area contributed by atoms with Gasteiger partial charge in [-0.05, 0) is 20.8 Å². The summed E-state index contributed by atoms with van der Waals surface area (Å²) < 4.78 is 41.0. The van der Waals surface area contributed by atoms with Crippen LogP contribution in [0.1, 0.15) is 19.5 Å². The number of halogens is 3. The highest BCUT2D eigenvalue weighted by atomic mass is 19.4. The van der Waals surface area contributed by atoms with Gasteiger partial charge in [-0.15, -0.1) is 13.2 Å². The number of ether oxygens (including phenoxy) is 1. The Bertz CT molecular complexity index is 379. The smallest absolute Gasteiger partial charge is 0.409 e. The molecule has 0 aliphatic carbocycles. The Morgan fingerprint density at radius 2 is 2.00 bits per heavy atom. The molecule has 0 amide bonds. The summed E-state index contributed by atoms with van der Waals surface area (Å²) >= 11 is 0. The number of aromatic nitrogens is 2. The van der Waals surface area contributed by atoms with E-state index in [1.165, 1.54) is 24.7 Å². The first kappa shape index (κ1) is 11.6. The fourth-order valence-corrected chi connectivity index (χ4v) is 1.03. The molecule has 0 radical (unpaired) electrons. The third-order valence-corrected chi connectivity index (χ3v) is 1.88. The lowest BCUT2D eigenvalue weighted by molar-refractivity contribution is -0.304. The van der Waals surface area contributed by atoms with E-state index in [0.717, 1.165) is 5.69 Å². The first-order chi connectivity index (χ1) is 6.79. The molecule has 0 bridgehead atoms. The van der Waals surface area contributed by atoms with Gasteiger partial charge in [0.2, 0.25) is 0 Å². The number of alkyl halides is 3. The Morgan fingerprint density at radius 3 is 2.40 bits per heavy atom. The molecule has 0 saturated carbocycles. The molecule has 0 N–H and O–H groups in total. The maximum atomic E-state index is 11.9. The zero-order chi connectivity index (χ0) is 11.6. The summed E-state index contributed by atoms with van der Waals surface area (Å²) in [5, 5.41) is 0. The lowest BCUT2D eigenvalue weighted by Gasteiger charge is -2.12. The number of hydrogen-bond acceptors (Lipinski definition) is 2. The second-order valence-corrected chi connectivity index (χ2v) is 3.11. The van der Waals surface area contributed by atoms with Crippen LogP contribution in [0.25, 0.3) is 5.70 Å². The summed E-state index contributed by atoms with van der Waals surface area (Å²) in [4.78, 5) is 3.91. The highest BCUT2D eigenvalue weighted by Crippen LogP contribution is 2.23. The van der Waals surface area contributed by atoms with Gasteiger partial charge in [0.05, 0.1) is 17.7 Å². The van der Waals surface area contributed by atoms with Crippen molar-refractivity contribution in [2.24, 2.45) is 0 Å². The normalized spacial score (nSPS) is 13.7. The van der Waals surface area contributed by atoms with Crippen LogP contribution >= 0.6 is 0 Å². The van der Waals surface area contributed by atoms with Crippen molar-refractivity contribution in [2.45, 2.75) is 27.1 Å². The van der Waals surface area contributed by atoms with Gasteiger partial charge >= 0.3 is 6.36 Å². The van der Waals surface area contributed by atoms with Crippen LogP contribution in [-0.2, 0) is 4.74 Å². The van der Waals surface area contributed by atoms with Crippen molar-refractivity contribution >= 4 is 5.70 Å². The lowest BCUT2D eigenvalue weighted by atomic mass is 10.4. The molecule has 1 heterocycles. The van der Waals surface area contributed by atoms with Gasteiger partial charge in [-0.3, -0.25) is 0 Å². The van der Waals surface area contributed by atoms with Crippen LogP contribution in [0, 0.1) is 6.92 Å². The molecular weight excluding hydrogens is 209 g/mol. The number of nitrogens with zero attached hydrogens (tertiary/aromatic N) is 2. The van der Waals surface area contributed by atoms with Crippen LogP contribution in [0.3, 0.4) is 0 Å². The lowest BCUT2D eigenvalue weighted by Crippen LogP contribution is -2.13. The van der Waals surface area contributed by atoms with E-state index in [4.69, 9.17) is 0 Å². The number of rotatable bonds is 2. The van der Waals surface area contributed by atoms with Gasteiger partial charge in [0.15, 0.2) is 0 Å². The summed E-state index contributed by atoms with van der Waals surface area (Å²) in [7, 11) is 0. The Kier molecular flexibility index (Phi) is 3.06.